The minimum absolute atomic E-state index is 0.00783. The first-order chi connectivity index (χ1) is 20.1. The number of carbonyl (C=O) groups excluding carboxylic acids is 2. The van der Waals surface area contributed by atoms with Crippen LogP contribution in [0.5, 0.6) is 0 Å². The Balaban J connectivity index is 1.67. The Morgan fingerprint density at radius 1 is 0.976 bits per heavy atom. The lowest BCUT2D eigenvalue weighted by Gasteiger charge is -2.33. The summed E-state index contributed by atoms with van der Waals surface area (Å²) < 4.78 is 42.0. The maximum Gasteiger partial charge on any atom is 0.269 e. The van der Waals surface area contributed by atoms with Crippen LogP contribution in [-0.2, 0) is 26.2 Å². The number of sulfonamides is 1. The van der Waals surface area contributed by atoms with Crippen molar-refractivity contribution in [1.82, 2.24) is 10.2 Å². The maximum atomic E-state index is 13.9. The Morgan fingerprint density at radius 2 is 1.60 bits per heavy atom. The summed E-state index contributed by atoms with van der Waals surface area (Å²) in [6.45, 7) is 0.816. The Morgan fingerprint density at radius 3 is 2.19 bits per heavy atom. The van der Waals surface area contributed by atoms with Crippen LogP contribution in [0.15, 0.2) is 83.8 Å². The van der Waals surface area contributed by atoms with Crippen molar-refractivity contribution in [2.24, 2.45) is 0 Å². The molecule has 0 saturated heterocycles. The van der Waals surface area contributed by atoms with Crippen LogP contribution in [0.3, 0.4) is 0 Å². The van der Waals surface area contributed by atoms with Gasteiger partial charge in [0.05, 0.1) is 15.5 Å². The van der Waals surface area contributed by atoms with E-state index < -0.39 is 39.3 Å². The summed E-state index contributed by atoms with van der Waals surface area (Å²) in [5, 5.41) is 14.2. The van der Waals surface area contributed by atoms with Crippen LogP contribution in [0.2, 0.25) is 0 Å². The zero-order chi connectivity index (χ0) is 30.3. The van der Waals surface area contributed by atoms with Crippen molar-refractivity contribution in [3.8, 4) is 0 Å². The molecule has 222 valence electrons. The van der Waals surface area contributed by atoms with Gasteiger partial charge in [0, 0.05) is 24.7 Å². The van der Waals surface area contributed by atoms with E-state index in [9.17, 15) is 32.5 Å². The van der Waals surface area contributed by atoms with Gasteiger partial charge in [0.1, 0.15) is 18.4 Å². The van der Waals surface area contributed by atoms with Crippen LogP contribution < -0.4 is 9.62 Å². The third-order valence-corrected chi connectivity index (χ3v) is 9.13. The van der Waals surface area contributed by atoms with Crippen LogP contribution in [0.4, 0.5) is 15.8 Å². The summed E-state index contributed by atoms with van der Waals surface area (Å²) in [6.07, 6.45) is 4.78. The summed E-state index contributed by atoms with van der Waals surface area (Å²) in [5.74, 6) is -1.51. The van der Waals surface area contributed by atoms with E-state index in [0.29, 0.717) is 5.56 Å². The van der Waals surface area contributed by atoms with Gasteiger partial charge in [0.15, 0.2) is 0 Å². The standard InChI is InChI=1S/C30H33FN4O6S/c1-22(30(37)32-25-8-4-2-5-9-25)33(20-23-12-14-24(31)15-13-23)29(36)21-34(26-16-18-27(19-17-26)35(38)39)42(40,41)28-10-6-3-7-11-28/h3,6-7,10-19,22,25H,2,4-5,8-9,20-21H2,1H3,(H,32,37)/t22-/m1/s1. The van der Waals surface area contributed by atoms with E-state index in [2.05, 4.69) is 5.32 Å². The number of hydrogen-bond acceptors (Lipinski definition) is 6. The molecule has 0 aliphatic heterocycles. The second-order valence-corrected chi connectivity index (χ2v) is 12.1. The number of amides is 2. The molecule has 1 fully saturated rings. The molecule has 4 rings (SSSR count). The van der Waals surface area contributed by atoms with Crippen molar-refractivity contribution < 1.29 is 27.3 Å². The highest BCUT2D eigenvalue weighted by molar-refractivity contribution is 7.92. The average molecular weight is 597 g/mol. The molecular formula is C30H33FN4O6S. The topological polar surface area (TPSA) is 130 Å². The zero-order valence-corrected chi connectivity index (χ0v) is 24.0. The van der Waals surface area contributed by atoms with Crippen LogP contribution in [-0.4, -0.2) is 48.7 Å². The van der Waals surface area contributed by atoms with E-state index in [-0.39, 0.29) is 34.8 Å². The first kappa shape index (κ1) is 30.6. The molecule has 1 atom stereocenters. The van der Waals surface area contributed by atoms with Crippen LogP contribution >= 0.6 is 0 Å². The van der Waals surface area contributed by atoms with E-state index in [1.54, 1.807) is 25.1 Å². The van der Waals surface area contributed by atoms with Gasteiger partial charge in [-0.2, -0.15) is 0 Å². The fourth-order valence-corrected chi connectivity index (χ4v) is 6.36. The monoisotopic (exact) mass is 596 g/mol. The van der Waals surface area contributed by atoms with Gasteiger partial charge in [-0.25, -0.2) is 12.8 Å². The first-order valence-corrected chi connectivity index (χ1v) is 15.2. The molecular weight excluding hydrogens is 563 g/mol. The number of nitrogens with one attached hydrogen (secondary N) is 1. The molecule has 1 aliphatic rings. The van der Waals surface area contributed by atoms with Gasteiger partial charge in [0.2, 0.25) is 11.8 Å². The zero-order valence-electron chi connectivity index (χ0n) is 23.2. The maximum absolute atomic E-state index is 13.9. The SMILES string of the molecule is C[C@H](C(=O)NC1CCCCC1)N(Cc1ccc(F)cc1)C(=O)CN(c1ccc([N+](=O)[O-])cc1)S(=O)(=O)c1ccccc1. The minimum Gasteiger partial charge on any atom is -0.352 e. The summed E-state index contributed by atoms with van der Waals surface area (Å²) in [7, 11) is -4.30. The molecule has 12 heteroatoms. The number of hydrogen-bond donors (Lipinski definition) is 1. The van der Waals surface area contributed by atoms with Crippen molar-refractivity contribution in [2.75, 3.05) is 10.8 Å². The lowest BCUT2D eigenvalue weighted by molar-refractivity contribution is -0.384. The molecule has 3 aromatic carbocycles. The molecule has 1 saturated carbocycles. The molecule has 10 nitrogen and oxygen atoms in total. The Kier molecular flexibility index (Phi) is 9.89. The Hall–Kier alpha value is -4.32. The van der Waals surface area contributed by atoms with Crippen molar-refractivity contribution in [1.29, 1.82) is 0 Å². The molecule has 3 aromatic rings. The van der Waals surface area contributed by atoms with Gasteiger partial charge in [-0.15, -0.1) is 0 Å². The lowest BCUT2D eigenvalue weighted by atomic mass is 9.95. The van der Waals surface area contributed by atoms with Crippen LogP contribution in [0.25, 0.3) is 0 Å². The molecule has 0 bridgehead atoms. The minimum atomic E-state index is -4.30. The lowest BCUT2D eigenvalue weighted by Crippen LogP contribution is -2.53. The largest absolute Gasteiger partial charge is 0.352 e. The molecule has 0 unspecified atom stereocenters. The van der Waals surface area contributed by atoms with E-state index in [0.717, 1.165) is 48.5 Å². The van der Waals surface area contributed by atoms with Crippen LogP contribution in [0, 0.1) is 15.9 Å². The molecule has 0 radical (unpaired) electrons. The second kappa shape index (κ2) is 13.6. The fourth-order valence-electron chi connectivity index (χ4n) is 4.93. The molecule has 1 aliphatic carbocycles. The molecule has 0 heterocycles. The Bertz CT molecular complexity index is 1500. The predicted octanol–water partition coefficient (Wildman–Crippen LogP) is 4.80. The van der Waals surface area contributed by atoms with Gasteiger partial charge in [-0.3, -0.25) is 24.0 Å². The normalized spacial score (nSPS) is 14.5. The number of nitro benzene ring substituents is 1. The number of non-ortho nitro benzene ring substituents is 1. The highest BCUT2D eigenvalue weighted by Gasteiger charge is 2.33. The predicted molar refractivity (Wildman–Crippen MR) is 155 cm³/mol. The van der Waals surface area contributed by atoms with Gasteiger partial charge in [-0.05, 0) is 61.7 Å². The fraction of sp³-hybridized carbons (Fsp3) is 0.333. The number of halogens is 1. The Labute approximate surface area is 244 Å². The van der Waals surface area contributed by atoms with Crippen molar-refractivity contribution in [3.05, 3.63) is 100 Å². The molecule has 0 spiro atoms. The smallest absolute Gasteiger partial charge is 0.269 e. The third kappa shape index (κ3) is 7.49. The summed E-state index contributed by atoms with van der Waals surface area (Å²) >= 11 is 0. The molecule has 0 aromatic heterocycles. The molecule has 2 amide bonds. The highest BCUT2D eigenvalue weighted by Crippen LogP contribution is 2.27. The van der Waals surface area contributed by atoms with Crippen LogP contribution in [0.1, 0.15) is 44.6 Å². The van der Waals surface area contributed by atoms with E-state index in [4.69, 9.17) is 0 Å². The highest BCUT2D eigenvalue weighted by atomic mass is 32.2. The number of carbonyl (C=O) groups is 2. The second-order valence-electron chi connectivity index (χ2n) is 10.3. The van der Waals surface area contributed by atoms with Crippen molar-refractivity contribution >= 4 is 33.2 Å². The number of benzene rings is 3. The summed E-state index contributed by atoms with van der Waals surface area (Å²) in [6, 6.07) is 16.8. The number of nitro groups is 1. The number of rotatable bonds is 11. The summed E-state index contributed by atoms with van der Waals surface area (Å²) in [5.41, 5.74) is 0.349. The summed E-state index contributed by atoms with van der Waals surface area (Å²) in [4.78, 5) is 39.0. The van der Waals surface area contributed by atoms with Gasteiger partial charge in [-0.1, -0.05) is 49.6 Å². The quantitative estimate of drug-likeness (QED) is 0.250. The van der Waals surface area contributed by atoms with E-state index in [1.807, 2.05) is 0 Å². The van der Waals surface area contributed by atoms with Gasteiger partial charge >= 0.3 is 0 Å². The number of nitrogens with zero attached hydrogens (tertiary/aromatic N) is 3. The van der Waals surface area contributed by atoms with E-state index >= 15 is 0 Å². The average Bonchev–Trinajstić information content (AvgIpc) is 3.00. The first-order valence-electron chi connectivity index (χ1n) is 13.7. The van der Waals surface area contributed by atoms with Gasteiger partial charge in [0.25, 0.3) is 15.7 Å². The van der Waals surface area contributed by atoms with E-state index in [1.165, 1.54) is 53.4 Å². The molecule has 42 heavy (non-hydrogen) atoms. The molecule has 1 N–H and O–H groups in total. The van der Waals surface area contributed by atoms with Gasteiger partial charge < -0.3 is 10.2 Å². The van der Waals surface area contributed by atoms with Crippen molar-refractivity contribution in [3.63, 3.8) is 0 Å². The number of anilines is 1. The third-order valence-electron chi connectivity index (χ3n) is 7.34. The van der Waals surface area contributed by atoms with Crippen molar-refractivity contribution in [2.45, 2.75) is 62.6 Å².